The van der Waals surface area contributed by atoms with Crippen LogP contribution in [0.2, 0.25) is 0 Å². The molecule has 78 valence electrons. The van der Waals surface area contributed by atoms with Crippen molar-refractivity contribution in [3.8, 4) is 0 Å². The first-order chi connectivity index (χ1) is 6.63. The van der Waals surface area contributed by atoms with E-state index < -0.39 is 0 Å². The monoisotopic (exact) mass is 191 g/mol. The zero-order chi connectivity index (χ0) is 10.6. The highest BCUT2D eigenvalue weighted by Gasteiger charge is 2.10. The summed E-state index contributed by atoms with van der Waals surface area (Å²) in [5, 5.41) is 3.38. The van der Waals surface area contributed by atoms with Crippen LogP contribution in [-0.4, -0.2) is 7.05 Å². The van der Waals surface area contributed by atoms with E-state index in [-0.39, 0.29) is 0 Å². The van der Waals surface area contributed by atoms with Crippen LogP contribution in [0, 0.1) is 12.8 Å². The Labute approximate surface area is 87.5 Å². The van der Waals surface area contributed by atoms with Gasteiger partial charge in [0.05, 0.1) is 0 Å². The Kier molecular flexibility index (Phi) is 4.15. The Bertz CT molecular complexity index is 278. The topological polar surface area (TPSA) is 12.0 Å². The first-order valence-electron chi connectivity index (χ1n) is 5.37. The zero-order valence-corrected chi connectivity index (χ0v) is 9.67. The molecule has 0 bridgehead atoms. The molecule has 0 saturated heterocycles. The summed E-state index contributed by atoms with van der Waals surface area (Å²) < 4.78 is 0. The van der Waals surface area contributed by atoms with Gasteiger partial charge in [-0.3, -0.25) is 0 Å². The van der Waals surface area contributed by atoms with Crippen molar-refractivity contribution in [2.75, 3.05) is 7.05 Å². The average Bonchev–Trinajstić information content (AvgIpc) is 2.14. The minimum absolute atomic E-state index is 0.495. The number of rotatable bonds is 4. The van der Waals surface area contributed by atoms with Gasteiger partial charge in [-0.15, -0.1) is 0 Å². The fourth-order valence-electron chi connectivity index (χ4n) is 1.78. The van der Waals surface area contributed by atoms with Crippen LogP contribution in [0.3, 0.4) is 0 Å². The van der Waals surface area contributed by atoms with E-state index in [0.717, 1.165) is 5.92 Å². The Balaban J connectivity index is 2.78. The summed E-state index contributed by atoms with van der Waals surface area (Å²) >= 11 is 0. The molecule has 0 aliphatic carbocycles. The lowest BCUT2D eigenvalue weighted by Gasteiger charge is -2.19. The molecule has 0 amide bonds. The fraction of sp³-hybridized carbons (Fsp3) is 0.538. The average molecular weight is 191 g/mol. The molecule has 1 N–H and O–H groups in total. The van der Waals surface area contributed by atoms with E-state index in [1.165, 1.54) is 17.5 Å². The van der Waals surface area contributed by atoms with Crippen molar-refractivity contribution >= 4 is 0 Å². The van der Waals surface area contributed by atoms with E-state index >= 15 is 0 Å². The Morgan fingerprint density at radius 2 is 2.00 bits per heavy atom. The smallest absolute Gasteiger partial charge is 0.0320 e. The summed E-state index contributed by atoms with van der Waals surface area (Å²) in [6, 6.07) is 9.25. The Hall–Kier alpha value is -0.820. The summed E-state index contributed by atoms with van der Waals surface area (Å²) in [7, 11) is 2.04. The van der Waals surface area contributed by atoms with Crippen LogP contribution < -0.4 is 5.32 Å². The van der Waals surface area contributed by atoms with Crippen molar-refractivity contribution < 1.29 is 0 Å². The standard InChI is InChI=1S/C13H21N/c1-10(2)8-13(14-4)12-7-5-6-11(3)9-12/h5-7,9-10,13-14H,8H2,1-4H3. The molecule has 1 rings (SSSR count). The van der Waals surface area contributed by atoms with Crippen molar-refractivity contribution in [3.63, 3.8) is 0 Å². The SMILES string of the molecule is CNC(CC(C)C)c1cccc(C)c1. The van der Waals surface area contributed by atoms with Gasteiger partial charge in [0.15, 0.2) is 0 Å². The van der Waals surface area contributed by atoms with Gasteiger partial charge >= 0.3 is 0 Å². The summed E-state index contributed by atoms with van der Waals surface area (Å²) in [5.74, 6) is 0.730. The van der Waals surface area contributed by atoms with Gasteiger partial charge in [0, 0.05) is 6.04 Å². The van der Waals surface area contributed by atoms with E-state index in [4.69, 9.17) is 0 Å². The van der Waals surface area contributed by atoms with Crippen LogP contribution >= 0.6 is 0 Å². The molecule has 1 atom stereocenters. The highest BCUT2D eigenvalue weighted by atomic mass is 14.9. The van der Waals surface area contributed by atoms with Crippen LogP contribution in [0.4, 0.5) is 0 Å². The maximum Gasteiger partial charge on any atom is 0.0320 e. The van der Waals surface area contributed by atoms with Crippen LogP contribution in [0.25, 0.3) is 0 Å². The summed E-state index contributed by atoms with van der Waals surface area (Å²) in [6.45, 7) is 6.67. The maximum absolute atomic E-state index is 3.38. The second-order valence-corrected chi connectivity index (χ2v) is 4.38. The molecule has 0 aromatic heterocycles. The van der Waals surface area contributed by atoms with Crippen molar-refractivity contribution in [2.45, 2.75) is 33.2 Å². The van der Waals surface area contributed by atoms with Gasteiger partial charge in [-0.05, 0) is 31.9 Å². The number of hydrogen-bond acceptors (Lipinski definition) is 1. The predicted octanol–water partition coefficient (Wildman–Crippen LogP) is 3.30. The molecule has 0 aliphatic rings. The first kappa shape index (κ1) is 11.3. The third-order valence-electron chi connectivity index (χ3n) is 2.50. The second-order valence-electron chi connectivity index (χ2n) is 4.38. The van der Waals surface area contributed by atoms with E-state index in [1.54, 1.807) is 0 Å². The largest absolute Gasteiger partial charge is 0.313 e. The Morgan fingerprint density at radius 1 is 1.29 bits per heavy atom. The third kappa shape index (κ3) is 3.15. The molecule has 1 aromatic carbocycles. The summed E-state index contributed by atoms with van der Waals surface area (Å²) in [4.78, 5) is 0. The van der Waals surface area contributed by atoms with Gasteiger partial charge in [-0.1, -0.05) is 43.7 Å². The number of benzene rings is 1. The maximum atomic E-state index is 3.38. The molecule has 0 fully saturated rings. The lowest BCUT2D eigenvalue weighted by atomic mass is 9.96. The molecule has 1 aromatic rings. The van der Waals surface area contributed by atoms with Gasteiger partial charge in [-0.25, -0.2) is 0 Å². The highest BCUT2D eigenvalue weighted by Crippen LogP contribution is 2.21. The molecular weight excluding hydrogens is 170 g/mol. The third-order valence-corrected chi connectivity index (χ3v) is 2.50. The van der Waals surface area contributed by atoms with Crippen LogP contribution in [0.5, 0.6) is 0 Å². The molecule has 0 heterocycles. The summed E-state index contributed by atoms with van der Waals surface area (Å²) in [6.07, 6.45) is 1.19. The van der Waals surface area contributed by atoms with Gasteiger partial charge in [0.1, 0.15) is 0 Å². The van der Waals surface area contributed by atoms with Crippen molar-refractivity contribution in [2.24, 2.45) is 5.92 Å². The minimum Gasteiger partial charge on any atom is -0.313 e. The first-order valence-corrected chi connectivity index (χ1v) is 5.37. The normalized spacial score (nSPS) is 13.2. The molecular formula is C13H21N. The number of hydrogen-bond donors (Lipinski definition) is 1. The minimum atomic E-state index is 0.495. The molecule has 1 heteroatoms. The van der Waals surface area contributed by atoms with Crippen molar-refractivity contribution in [3.05, 3.63) is 35.4 Å². The van der Waals surface area contributed by atoms with Gasteiger partial charge in [0.25, 0.3) is 0 Å². The molecule has 14 heavy (non-hydrogen) atoms. The number of aryl methyl sites for hydroxylation is 1. The van der Waals surface area contributed by atoms with E-state index in [0.29, 0.717) is 6.04 Å². The number of nitrogens with one attached hydrogen (secondary N) is 1. The van der Waals surface area contributed by atoms with Gasteiger partial charge in [0.2, 0.25) is 0 Å². The second kappa shape index (κ2) is 5.16. The van der Waals surface area contributed by atoms with E-state index in [1.807, 2.05) is 7.05 Å². The van der Waals surface area contributed by atoms with E-state index in [2.05, 4.69) is 50.4 Å². The molecule has 0 aliphatic heterocycles. The van der Waals surface area contributed by atoms with Gasteiger partial charge < -0.3 is 5.32 Å². The summed E-state index contributed by atoms with van der Waals surface area (Å²) in [5.41, 5.74) is 2.74. The van der Waals surface area contributed by atoms with Crippen molar-refractivity contribution in [1.29, 1.82) is 0 Å². The van der Waals surface area contributed by atoms with Crippen LogP contribution in [0.15, 0.2) is 24.3 Å². The lowest BCUT2D eigenvalue weighted by molar-refractivity contribution is 0.456. The van der Waals surface area contributed by atoms with Crippen molar-refractivity contribution in [1.82, 2.24) is 5.32 Å². The molecule has 0 spiro atoms. The lowest BCUT2D eigenvalue weighted by Crippen LogP contribution is -2.18. The molecule has 1 nitrogen and oxygen atoms in total. The Morgan fingerprint density at radius 3 is 2.50 bits per heavy atom. The quantitative estimate of drug-likeness (QED) is 0.770. The molecule has 0 radical (unpaired) electrons. The van der Waals surface area contributed by atoms with Gasteiger partial charge in [-0.2, -0.15) is 0 Å². The zero-order valence-electron chi connectivity index (χ0n) is 9.67. The molecule has 0 saturated carbocycles. The van der Waals surface area contributed by atoms with Crippen LogP contribution in [-0.2, 0) is 0 Å². The fourth-order valence-corrected chi connectivity index (χ4v) is 1.78. The molecule has 1 unspecified atom stereocenters. The van der Waals surface area contributed by atoms with E-state index in [9.17, 15) is 0 Å². The highest BCUT2D eigenvalue weighted by molar-refractivity contribution is 5.25. The van der Waals surface area contributed by atoms with Crippen LogP contribution in [0.1, 0.15) is 37.4 Å². The predicted molar refractivity (Wildman–Crippen MR) is 62.4 cm³/mol.